The maximum absolute atomic E-state index is 12.5. The molecule has 0 radical (unpaired) electrons. The molecular formula is C16H24N4O3S. The molecule has 2 aliphatic rings. The number of anilines is 1. The Balaban J connectivity index is 1.61. The fourth-order valence-corrected chi connectivity index (χ4v) is 4.79. The van der Waals surface area contributed by atoms with Gasteiger partial charge in [-0.15, -0.1) is 0 Å². The molecular weight excluding hydrogens is 328 g/mol. The highest BCUT2D eigenvalue weighted by molar-refractivity contribution is 7.89. The van der Waals surface area contributed by atoms with E-state index in [1.54, 1.807) is 18.3 Å². The first-order chi connectivity index (χ1) is 11.6. The van der Waals surface area contributed by atoms with Crippen LogP contribution in [-0.2, 0) is 10.0 Å². The molecule has 0 saturated carbocycles. The minimum Gasteiger partial charge on any atom is -0.356 e. The molecule has 132 valence electrons. The van der Waals surface area contributed by atoms with Crippen molar-refractivity contribution < 1.29 is 13.2 Å². The number of hydrogen-bond donors (Lipinski definition) is 1. The van der Waals surface area contributed by atoms with Crippen LogP contribution in [0.3, 0.4) is 0 Å². The molecule has 24 heavy (non-hydrogen) atoms. The third-order valence-electron chi connectivity index (χ3n) is 4.54. The highest BCUT2D eigenvalue weighted by Crippen LogP contribution is 2.21. The van der Waals surface area contributed by atoms with Crippen molar-refractivity contribution in [1.82, 2.24) is 14.6 Å². The van der Waals surface area contributed by atoms with Crippen LogP contribution in [0, 0.1) is 0 Å². The number of carbonyl (C=O) groups is 1. The van der Waals surface area contributed by atoms with Crippen molar-refractivity contribution in [2.24, 2.45) is 0 Å². The van der Waals surface area contributed by atoms with Crippen LogP contribution < -0.4 is 10.2 Å². The van der Waals surface area contributed by atoms with Crippen LogP contribution in [0.2, 0.25) is 0 Å². The van der Waals surface area contributed by atoms with E-state index < -0.39 is 10.0 Å². The number of hydrogen-bond acceptors (Lipinski definition) is 5. The summed E-state index contributed by atoms with van der Waals surface area (Å²) in [5, 5.41) is 2.83. The number of carbonyl (C=O) groups excluding carboxylic acids is 1. The molecule has 0 spiro atoms. The summed E-state index contributed by atoms with van der Waals surface area (Å²) in [4.78, 5) is 19.0. The summed E-state index contributed by atoms with van der Waals surface area (Å²) < 4.78 is 25.0. The van der Waals surface area contributed by atoms with Crippen LogP contribution in [0.15, 0.2) is 18.3 Å². The average molecular weight is 352 g/mol. The average Bonchev–Trinajstić information content (AvgIpc) is 2.94. The Bertz CT molecular complexity index is 686. The van der Waals surface area contributed by atoms with E-state index in [-0.39, 0.29) is 11.7 Å². The van der Waals surface area contributed by atoms with Gasteiger partial charge >= 0.3 is 0 Å². The molecule has 0 aromatic carbocycles. The molecule has 1 aromatic rings. The predicted octanol–water partition coefficient (Wildman–Crippen LogP) is 0.837. The van der Waals surface area contributed by atoms with Gasteiger partial charge in [-0.2, -0.15) is 0 Å². The van der Waals surface area contributed by atoms with Gasteiger partial charge in [0.25, 0.3) is 5.91 Å². The Hall–Kier alpha value is -1.67. The van der Waals surface area contributed by atoms with Gasteiger partial charge in [0.2, 0.25) is 10.0 Å². The van der Waals surface area contributed by atoms with Crippen LogP contribution >= 0.6 is 0 Å². The lowest BCUT2D eigenvalue weighted by Gasteiger charge is -2.29. The Kier molecular flexibility index (Phi) is 5.35. The second kappa shape index (κ2) is 7.48. The minimum atomic E-state index is -3.11. The van der Waals surface area contributed by atoms with Crippen molar-refractivity contribution in [2.75, 3.05) is 43.4 Å². The molecule has 1 aromatic heterocycles. The Morgan fingerprint density at radius 3 is 2.67 bits per heavy atom. The van der Waals surface area contributed by atoms with Gasteiger partial charge in [-0.3, -0.25) is 4.79 Å². The molecule has 0 atom stereocenters. The van der Waals surface area contributed by atoms with Crippen molar-refractivity contribution in [2.45, 2.75) is 25.7 Å². The zero-order chi connectivity index (χ0) is 17.0. The largest absolute Gasteiger partial charge is 0.356 e. The van der Waals surface area contributed by atoms with E-state index in [2.05, 4.69) is 15.2 Å². The molecule has 1 N–H and O–H groups in total. The van der Waals surface area contributed by atoms with Crippen LogP contribution in [0.1, 0.15) is 36.0 Å². The summed E-state index contributed by atoms with van der Waals surface area (Å²) in [6.07, 6.45) is 5.82. The highest BCUT2D eigenvalue weighted by atomic mass is 32.2. The highest BCUT2D eigenvalue weighted by Gasteiger charge is 2.27. The quantitative estimate of drug-likeness (QED) is 0.849. The van der Waals surface area contributed by atoms with Gasteiger partial charge in [-0.25, -0.2) is 17.7 Å². The van der Waals surface area contributed by atoms with Gasteiger partial charge < -0.3 is 10.2 Å². The molecule has 2 saturated heterocycles. The summed E-state index contributed by atoms with van der Waals surface area (Å²) in [5.41, 5.74) is 0.559. The van der Waals surface area contributed by atoms with Crippen LogP contribution in [-0.4, -0.2) is 62.1 Å². The Labute approximate surface area is 143 Å². The van der Waals surface area contributed by atoms with E-state index in [0.29, 0.717) is 31.6 Å². The summed E-state index contributed by atoms with van der Waals surface area (Å²) in [5.74, 6) is 0.742. The molecule has 7 nitrogen and oxygen atoms in total. The van der Waals surface area contributed by atoms with Gasteiger partial charge in [0.1, 0.15) is 5.82 Å². The molecule has 2 aliphatic heterocycles. The number of pyridine rings is 1. The zero-order valence-electron chi connectivity index (χ0n) is 13.8. The lowest BCUT2D eigenvalue weighted by Crippen LogP contribution is -2.37. The molecule has 2 fully saturated rings. The molecule has 0 unspecified atom stereocenters. The molecule has 8 heteroatoms. The van der Waals surface area contributed by atoms with Crippen LogP contribution in [0.5, 0.6) is 0 Å². The number of nitrogens with one attached hydrogen (secondary N) is 1. The Morgan fingerprint density at radius 1 is 1.17 bits per heavy atom. The first-order valence-corrected chi connectivity index (χ1v) is 10.1. The maximum atomic E-state index is 12.5. The smallest absolute Gasteiger partial charge is 0.255 e. The Morgan fingerprint density at radius 2 is 1.96 bits per heavy atom. The lowest BCUT2D eigenvalue weighted by molar-refractivity contribution is 0.0952. The number of rotatable bonds is 5. The third kappa shape index (κ3) is 3.87. The van der Waals surface area contributed by atoms with E-state index in [1.165, 1.54) is 10.7 Å². The summed E-state index contributed by atoms with van der Waals surface area (Å²) >= 11 is 0. The van der Waals surface area contributed by atoms with Gasteiger partial charge in [0.15, 0.2) is 0 Å². The predicted molar refractivity (Wildman–Crippen MR) is 92.6 cm³/mol. The van der Waals surface area contributed by atoms with Crippen molar-refractivity contribution in [3.63, 3.8) is 0 Å². The number of amides is 1. The first-order valence-electron chi connectivity index (χ1n) is 8.54. The number of nitrogens with zero attached hydrogens (tertiary/aromatic N) is 3. The van der Waals surface area contributed by atoms with Crippen LogP contribution in [0.4, 0.5) is 5.82 Å². The number of sulfonamides is 1. The second-order valence-corrected chi connectivity index (χ2v) is 8.34. The summed E-state index contributed by atoms with van der Waals surface area (Å²) in [7, 11) is -3.11. The van der Waals surface area contributed by atoms with E-state index in [1.807, 2.05) is 0 Å². The fourth-order valence-electron chi connectivity index (χ4n) is 3.26. The van der Waals surface area contributed by atoms with Gasteiger partial charge in [-0.1, -0.05) is 0 Å². The topological polar surface area (TPSA) is 82.6 Å². The summed E-state index contributed by atoms with van der Waals surface area (Å²) in [6.45, 7) is 3.02. The van der Waals surface area contributed by atoms with Gasteiger partial charge in [0, 0.05) is 38.9 Å². The molecule has 1 amide bonds. The van der Waals surface area contributed by atoms with E-state index in [4.69, 9.17) is 0 Å². The molecule has 0 bridgehead atoms. The van der Waals surface area contributed by atoms with Crippen LogP contribution in [0.25, 0.3) is 0 Å². The standard InChI is InChI=1S/C16H24N4O3S/c21-16(18-8-12-20-11-5-13-24(20,22)23)14-6-4-7-17-15(14)19-9-2-1-3-10-19/h4,6-7H,1-3,5,8-13H2,(H,18,21). The SMILES string of the molecule is O=C(NCCN1CCCS1(=O)=O)c1cccnc1N1CCCCC1. The number of aromatic nitrogens is 1. The second-order valence-electron chi connectivity index (χ2n) is 6.25. The van der Waals surface area contributed by atoms with Gasteiger partial charge in [-0.05, 0) is 37.8 Å². The first kappa shape index (κ1) is 17.2. The number of piperidine rings is 1. The molecule has 3 heterocycles. The monoisotopic (exact) mass is 352 g/mol. The lowest BCUT2D eigenvalue weighted by atomic mass is 10.1. The molecule has 0 aliphatic carbocycles. The van der Waals surface area contributed by atoms with Crippen molar-refractivity contribution in [1.29, 1.82) is 0 Å². The van der Waals surface area contributed by atoms with Crippen molar-refractivity contribution in [3.8, 4) is 0 Å². The molecule has 3 rings (SSSR count). The van der Waals surface area contributed by atoms with E-state index in [9.17, 15) is 13.2 Å². The fraction of sp³-hybridized carbons (Fsp3) is 0.625. The zero-order valence-corrected chi connectivity index (χ0v) is 14.6. The van der Waals surface area contributed by atoms with Crippen molar-refractivity contribution in [3.05, 3.63) is 23.9 Å². The van der Waals surface area contributed by atoms with E-state index in [0.717, 1.165) is 31.7 Å². The maximum Gasteiger partial charge on any atom is 0.255 e. The van der Waals surface area contributed by atoms with Crippen molar-refractivity contribution >= 4 is 21.7 Å². The normalized spacial score (nSPS) is 20.9. The summed E-state index contributed by atoms with van der Waals surface area (Å²) in [6, 6.07) is 3.53. The van der Waals surface area contributed by atoms with Gasteiger partial charge in [0.05, 0.1) is 11.3 Å². The van der Waals surface area contributed by atoms with E-state index >= 15 is 0 Å². The third-order valence-corrected chi connectivity index (χ3v) is 6.49. The minimum absolute atomic E-state index is 0.194.